The first-order chi connectivity index (χ1) is 22.2. The lowest BCUT2D eigenvalue weighted by molar-refractivity contribution is -0.686. The van der Waals surface area contributed by atoms with Gasteiger partial charge < -0.3 is 41.6 Å². The van der Waals surface area contributed by atoms with E-state index in [0.717, 1.165) is 78.8 Å². The molecule has 0 aliphatic carbocycles. The van der Waals surface area contributed by atoms with Crippen molar-refractivity contribution in [2.24, 2.45) is 4.99 Å². The van der Waals surface area contributed by atoms with Crippen LogP contribution in [-0.4, -0.2) is 46.5 Å². The van der Waals surface area contributed by atoms with Crippen LogP contribution in [0.25, 0.3) is 22.0 Å². The van der Waals surface area contributed by atoms with E-state index in [2.05, 4.69) is 111 Å². The van der Waals surface area contributed by atoms with Gasteiger partial charge in [0.1, 0.15) is 5.84 Å². The zero-order chi connectivity index (χ0) is 30.6. The number of benzene rings is 4. The van der Waals surface area contributed by atoms with Gasteiger partial charge in [-0.2, -0.15) is 4.57 Å². The summed E-state index contributed by atoms with van der Waals surface area (Å²) in [4.78, 5) is 6.86. The second kappa shape index (κ2) is 14.0. The third-order valence-electron chi connectivity index (χ3n) is 8.42. The molecule has 5 aromatic rings. The van der Waals surface area contributed by atoms with Crippen LogP contribution >= 0.6 is 0 Å². The summed E-state index contributed by atoms with van der Waals surface area (Å²) in [5.41, 5.74) is 6.22. The second-order valence-corrected chi connectivity index (χ2v) is 11.2. The number of amidine groups is 1. The van der Waals surface area contributed by atoms with Gasteiger partial charge in [0.05, 0.1) is 38.3 Å². The van der Waals surface area contributed by atoms with Gasteiger partial charge in [0.25, 0.3) is 0 Å². The highest BCUT2D eigenvalue weighted by atomic mass is 35.5. The van der Waals surface area contributed by atoms with Gasteiger partial charge >= 0.3 is 0 Å². The number of aryl methyl sites for hydroxylation is 2. The lowest BCUT2D eigenvalue weighted by Crippen LogP contribution is -3.00. The number of halogens is 1. The first-order valence-electron chi connectivity index (χ1n) is 15.3. The van der Waals surface area contributed by atoms with Gasteiger partial charge in [0, 0.05) is 31.3 Å². The van der Waals surface area contributed by atoms with E-state index in [0.29, 0.717) is 6.79 Å². The fourth-order valence-corrected chi connectivity index (χ4v) is 6.18. The number of nitrogens with zero attached hydrogens (tertiary/aromatic N) is 3. The van der Waals surface area contributed by atoms with E-state index < -0.39 is 0 Å². The van der Waals surface area contributed by atoms with Crippen molar-refractivity contribution in [3.05, 3.63) is 108 Å². The van der Waals surface area contributed by atoms with E-state index in [4.69, 9.17) is 18.9 Å². The largest absolute Gasteiger partial charge is 1.00 e. The fraction of sp³-hybridized carbons (Fsp3) is 0.243. The number of ether oxygens (including phenoxy) is 4. The number of fused-ring (bicyclic) bond motifs is 5. The predicted molar refractivity (Wildman–Crippen MR) is 177 cm³/mol. The minimum atomic E-state index is 0. The summed E-state index contributed by atoms with van der Waals surface area (Å²) >= 11 is 0. The Kier molecular flexibility index (Phi) is 9.45. The maximum Gasteiger partial charge on any atom is 0.231 e. The van der Waals surface area contributed by atoms with Crippen molar-refractivity contribution in [2.75, 3.05) is 45.5 Å². The fourth-order valence-electron chi connectivity index (χ4n) is 6.18. The standard InChI is InChI=1S/C20H18NO4.C17H19N3.ClH/c1-22-17-4-3-12-7-16-14-9-19-18(24-11-25-19)8-13(14)5-6-21(16)10-15(12)20(17)23-2;1-3-7-15(8-4-1)13-20(14-17-18-11-12-19-17)16-9-5-2-6-10-16;/h3-4,7-10H,5-6,11H2,1-2H3;1-10H,11-14H2,(H,18,19);1H/q+1;;/p-1. The molecule has 4 aromatic carbocycles. The number of hydrogen-bond acceptors (Lipinski definition) is 7. The molecule has 3 aliphatic rings. The minimum absolute atomic E-state index is 0. The van der Waals surface area contributed by atoms with Gasteiger partial charge in [-0.25, -0.2) is 0 Å². The second-order valence-electron chi connectivity index (χ2n) is 11.2. The van der Waals surface area contributed by atoms with E-state index in [1.807, 2.05) is 6.07 Å². The maximum absolute atomic E-state index is 5.60. The average molecular weight is 637 g/mol. The SMILES string of the molecule is COc1ccc2cc3[n+](cc2c1OC)CCc1cc2c(cc1-3)OCO2.[Cl-].c1ccc(CN(CC2=NCCN2)c2ccccc2)cc1. The Bertz CT molecular complexity index is 1850. The zero-order valence-electron chi connectivity index (χ0n) is 26.0. The number of aromatic nitrogens is 1. The van der Waals surface area contributed by atoms with Crippen molar-refractivity contribution in [3.8, 4) is 34.3 Å². The quantitative estimate of drug-likeness (QED) is 0.277. The molecule has 0 spiro atoms. The Morgan fingerprint density at radius 3 is 2.35 bits per heavy atom. The van der Waals surface area contributed by atoms with Crippen molar-refractivity contribution >= 4 is 22.3 Å². The number of para-hydroxylation sites is 1. The molecule has 0 saturated heterocycles. The molecule has 0 bridgehead atoms. The number of hydrogen-bond donors (Lipinski definition) is 1. The molecule has 1 aromatic heterocycles. The van der Waals surface area contributed by atoms with Crippen molar-refractivity contribution in [2.45, 2.75) is 19.5 Å². The summed E-state index contributed by atoms with van der Waals surface area (Å²) in [6, 6.07) is 31.5. The zero-order valence-corrected chi connectivity index (χ0v) is 26.8. The van der Waals surface area contributed by atoms with E-state index in [-0.39, 0.29) is 12.4 Å². The number of nitrogens with one attached hydrogen (secondary N) is 1. The smallest absolute Gasteiger partial charge is 0.231 e. The van der Waals surface area contributed by atoms with Gasteiger partial charge in [-0.3, -0.25) is 4.99 Å². The lowest BCUT2D eigenvalue weighted by atomic mass is 9.95. The van der Waals surface area contributed by atoms with E-state index >= 15 is 0 Å². The van der Waals surface area contributed by atoms with Crippen LogP contribution in [0.15, 0.2) is 102 Å². The Morgan fingerprint density at radius 2 is 1.63 bits per heavy atom. The van der Waals surface area contributed by atoms with Gasteiger partial charge in [0.15, 0.2) is 35.7 Å². The number of pyridine rings is 1. The van der Waals surface area contributed by atoms with Crippen molar-refractivity contribution in [1.29, 1.82) is 0 Å². The number of anilines is 1. The van der Waals surface area contributed by atoms with E-state index in [1.165, 1.54) is 28.1 Å². The molecular weight excluding hydrogens is 600 g/mol. The molecule has 0 atom stereocenters. The van der Waals surface area contributed by atoms with Crippen LogP contribution in [0.5, 0.6) is 23.0 Å². The Balaban J connectivity index is 0.000000162. The van der Waals surface area contributed by atoms with Gasteiger partial charge in [-0.1, -0.05) is 48.5 Å². The normalized spacial score (nSPS) is 13.7. The van der Waals surface area contributed by atoms with Gasteiger partial charge in [0.2, 0.25) is 12.5 Å². The summed E-state index contributed by atoms with van der Waals surface area (Å²) in [5, 5.41) is 5.52. The van der Waals surface area contributed by atoms with Gasteiger partial charge in [-0.05, 0) is 52.9 Å². The molecule has 0 saturated carbocycles. The third-order valence-corrected chi connectivity index (χ3v) is 8.42. The molecule has 0 unspecified atom stereocenters. The molecular formula is C37H37ClN4O4. The molecule has 3 aliphatic heterocycles. The molecule has 46 heavy (non-hydrogen) atoms. The minimum Gasteiger partial charge on any atom is -1.00 e. The highest BCUT2D eigenvalue weighted by Crippen LogP contribution is 2.41. The maximum atomic E-state index is 5.60. The van der Waals surface area contributed by atoms with Crippen LogP contribution in [0.1, 0.15) is 11.1 Å². The summed E-state index contributed by atoms with van der Waals surface area (Å²) < 4.78 is 24.4. The van der Waals surface area contributed by atoms with Crippen LogP contribution in [0.2, 0.25) is 0 Å². The van der Waals surface area contributed by atoms with E-state index in [1.54, 1.807) is 14.2 Å². The predicted octanol–water partition coefficient (Wildman–Crippen LogP) is 2.80. The lowest BCUT2D eigenvalue weighted by Gasteiger charge is -2.25. The molecule has 236 valence electrons. The molecule has 8 nitrogen and oxygen atoms in total. The number of methoxy groups -OCH3 is 2. The Hall–Kier alpha value is -4.95. The third kappa shape index (κ3) is 6.39. The highest BCUT2D eigenvalue weighted by molar-refractivity contribution is 5.92. The molecule has 1 N–H and O–H groups in total. The van der Waals surface area contributed by atoms with Crippen molar-refractivity contribution in [1.82, 2.24) is 5.32 Å². The molecule has 9 heteroatoms. The average Bonchev–Trinajstić information content (AvgIpc) is 3.79. The first-order valence-corrected chi connectivity index (χ1v) is 15.3. The first kappa shape index (κ1) is 31.0. The van der Waals surface area contributed by atoms with E-state index in [9.17, 15) is 0 Å². The number of aliphatic imine (C=N–C) groups is 1. The van der Waals surface area contributed by atoms with Crippen molar-refractivity contribution < 1.29 is 35.9 Å². The number of rotatable bonds is 7. The Morgan fingerprint density at radius 1 is 0.870 bits per heavy atom. The summed E-state index contributed by atoms with van der Waals surface area (Å²) in [6.07, 6.45) is 3.11. The molecule has 0 radical (unpaired) electrons. The Labute approximate surface area is 275 Å². The summed E-state index contributed by atoms with van der Waals surface area (Å²) in [7, 11) is 3.34. The highest BCUT2D eigenvalue weighted by Gasteiger charge is 2.28. The van der Waals surface area contributed by atoms with Crippen LogP contribution in [0.4, 0.5) is 5.69 Å². The van der Waals surface area contributed by atoms with Crippen LogP contribution in [0.3, 0.4) is 0 Å². The topological polar surface area (TPSA) is 68.4 Å². The van der Waals surface area contributed by atoms with Crippen LogP contribution in [-0.2, 0) is 19.5 Å². The van der Waals surface area contributed by atoms with Crippen LogP contribution < -0.4 is 46.1 Å². The van der Waals surface area contributed by atoms with Crippen molar-refractivity contribution in [3.63, 3.8) is 0 Å². The summed E-state index contributed by atoms with van der Waals surface area (Å²) in [6.45, 7) is 4.79. The molecule has 0 amide bonds. The van der Waals surface area contributed by atoms with Crippen LogP contribution in [0, 0.1) is 0 Å². The molecule has 0 fully saturated rings. The summed E-state index contributed by atoms with van der Waals surface area (Å²) in [5.74, 6) is 4.27. The van der Waals surface area contributed by atoms with Gasteiger partial charge in [-0.15, -0.1) is 0 Å². The molecule has 4 heterocycles. The molecule has 8 rings (SSSR count). The monoisotopic (exact) mass is 636 g/mol.